The Balaban J connectivity index is 1.60. The summed E-state index contributed by atoms with van der Waals surface area (Å²) in [4.78, 5) is 7.20. The van der Waals surface area contributed by atoms with E-state index in [0.717, 1.165) is 32.4 Å². The smallest absolute Gasteiger partial charge is 0.162 e. The molecule has 4 nitrogen and oxygen atoms in total. The molecule has 0 bridgehead atoms. The van der Waals surface area contributed by atoms with Crippen LogP contribution in [-0.4, -0.2) is 51.9 Å². The van der Waals surface area contributed by atoms with Gasteiger partial charge in [0.1, 0.15) is 5.44 Å². The van der Waals surface area contributed by atoms with E-state index in [9.17, 15) is 5.11 Å². The molecule has 0 amide bonds. The molecule has 3 aliphatic rings. The van der Waals surface area contributed by atoms with Gasteiger partial charge in [-0.05, 0) is 32.1 Å². The van der Waals surface area contributed by atoms with E-state index in [1.807, 2.05) is 6.92 Å². The lowest BCUT2D eigenvalue weighted by Gasteiger charge is -2.33. The van der Waals surface area contributed by atoms with Crippen molar-refractivity contribution in [2.75, 3.05) is 13.1 Å². The number of ether oxygens (including phenoxy) is 1. The minimum absolute atomic E-state index is 0.0110. The number of nitrogens with zero attached hydrogens (tertiary/aromatic N) is 2. The van der Waals surface area contributed by atoms with E-state index < -0.39 is 0 Å². The Morgan fingerprint density at radius 3 is 2.94 bits per heavy atom. The van der Waals surface area contributed by atoms with Crippen LogP contribution in [0, 0.1) is 0 Å². The van der Waals surface area contributed by atoms with E-state index in [1.54, 1.807) is 11.8 Å². The first-order valence-electron chi connectivity index (χ1n) is 7.11. The van der Waals surface area contributed by atoms with Crippen molar-refractivity contribution in [2.45, 2.75) is 62.7 Å². The fraction of sp³-hybridized carbons (Fsp3) is 0.923. The van der Waals surface area contributed by atoms with E-state index in [1.165, 1.54) is 18.0 Å². The van der Waals surface area contributed by atoms with Gasteiger partial charge in [-0.25, -0.2) is 0 Å². The molecule has 0 aromatic carbocycles. The summed E-state index contributed by atoms with van der Waals surface area (Å²) in [6.45, 7) is 4.30. The summed E-state index contributed by atoms with van der Waals surface area (Å²) in [6.07, 6.45) is 5.02. The molecular formula is C13H22N2O2S. The summed E-state index contributed by atoms with van der Waals surface area (Å²) in [6, 6.07) is 0.311. The zero-order valence-electron chi connectivity index (χ0n) is 10.9. The predicted molar refractivity (Wildman–Crippen MR) is 73.8 cm³/mol. The minimum atomic E-state index is -0.317. The summed E-state index contributed by atoms with van der Waals surface area (Å²) in [5, 5.41) is 11.1. The zero-order valence-corrected chi connectivity index (χ0v) is 11.7. The second-order valence-corrected chi connectivity index (χ2v) is 6.45. The van der Waals surface area contributed by atoms with Gasteiger partial charge in [0.15, 0.2) is 5.17 Å². The largest absolute Gasteiger partial charge is 0.390 e. The number of likely N-dealkylation sites (tertiary alicyclic amines) is 1. The van der Waals surface area contributed by atoms with Gasteiger partial charge >= 0.3 is 0 Å². The Morgan fingerprint density at radius 2 is 2.22 bits per heavy atom. The van der Waals surface area contributed by atoms with E-state index in [4.69, 9.17) is 9.73 Å². The van der Waals surface area contributed by atoms with Gasteiger partial charge in [-0.3, -0.25) is 4.99 Å². The van der Waals surface area contributed by atoms with E-state index in [0.29, 0.717) is 6.04 Å². The first-order chi connectivity index (χ1) is 8.78. The molecule has 0 unspecified atom stereocenters. The molecule has 4 atom stereocenters. The van der Waals surface area contributed by atoms with Crippen LogP contribution in [0.2, 0.25) is 0 Å². The lowest BCUT2D eigenvalue weighted by molar-refractivity contribution is -0.0800. The molecule has 2 fully saturated rings. The van der Waals surface area contributed by atoms with Crippen LogP contribution in [0.25, 0.3) is 0 Å². The number of aliphatic imine (C=N–C) groups is 1. The molecule has 0 radical (unpaired) electrons. The average Bonchev–Trinajstić information content (AvgIpc) is 3.04. The van der Waals surface area contributed by atoms with Gasteiger partial charge < -0.3 is 14.7 Å². The molecule has 1 N–H and O–H groups in total. The van der Waals surface area contributed by atoms with Gasteiger partial charge in [-0.1, -0.05) is 18.7 Å². The van der Waals surface area contributed by atoms with Crippen molar-refractivity contribution in [3.8, 4) is 0 Å². The first kappa shape index (κ1) is 12.8. The second-order valence-electron chi connectivity index (χ2n) is 5.39. The number of hydrogen-bond donors (Lipinski definition) is 1. The zero-order chi connectivity index (χ0) is 12.5. The highest BCUT2D eigenvalue weighted by molar-refractivity contribution is 8.14. The fourth-order valence-corrected chi connectivity index (χ4v) is 4.21. The third kappa shape index (κ3) is 2.40. The van der Waals surface area contributed by atoms with Gasteiger partial charge in [-0.2, -0.15) is 0 Å². The third-order valence-corrected chi connectivity index (χ3v) is 5.32. The maximum absolute atomic E-state index is 9.90. The summed E-state index contributed by atoms with van der Waals surface area (Å²) in [7, 11) is 0. The highest BCUT2D eigenvalue weighted by atomic mass is 32.2. The van der Waals surface area contributed by atoms with Crippen molar-refractivity contribution in [1.82, 2.24) is 4.90 Å². The number of aliphatic hydroxyl groups is 1. The summed E-state index contributed by atoms with van der Waals surface area (Å²) in [5.41, 5.74) is 0.139. The van der Waals surface area contributed by atoms with Crippen LogP contribution in [0.5, 0.6) is 0 Å². The maximum atomic E-state index is 9.90. The van der Waals surface area contributed by atoms with Crippen molar-refractivity contribution < 1.29 is 9.84 Å². The van der Waals surface area contributed by atoms with Crippen molar-refractivity contribution in [3.63, 3.8) is 0 Å². The molecular weight excluding hydrogens is 248 g/mol. The van der Waals surface area contributed by atoms with E-state index >= 15 is 0 Å². The quantitative estimate of drug-likeness (QED) is 0.831. The number of aliphatic hydroxyl groups excluding tert-OH is 1. The van der Waals surface area contributed by atoms with Crippen LogP contribution in [0.15, 0.2) is 4.99 Å². The van der Waals surface area contributed by atoms with Crippen molar-refractivity contribution in [1.29, 1.82) is 0 Å². The molecule has 18 heavy (non-hydrogen) atoms. The SMILES string of the molecule is CC[C@@H](O)[C@H]1CC[C@H]2N=C(N3CCCC3)S[C@H]2O1. The maximum Gasteiger partial charge on any atom is 0.162 e. The highest BCUT2D eigenvalue weighted by Crippen LogP contribution is 2.38. The van der Waals surface area contributed by atoms with Crippen molar-refractivity contribution >= 4 is 16.9 Å². The Morgan fingerprint density at radius 1 is 1.44 bits per heavy atom. The monoisotopic (exact) mass is 270 g/mol. The number of amidine groups is 1. The molecule has 102 valence electrons. The van der Waals surface area contributed by atoms with Crippen LogP contribution >= 0.6 is 11.8 Å². The predicted octanol–water partition coefficient (Wildman–Crippen LogP) is 1.83. The molecule has 3 heterocycles. The van der Waals surface area contributed by atoms with Crippen LogP contribution in [0.3, 0.4) is 0 Å². The van der Waals surface area contributed by atoms with Gasteiger partial charge in [0.2, 0.25) is 0 Å². The first-order valence-corrected chi connectivity index (χ1v) is 7.99. The van der Waals surface area contributed by atoms with Gasteiger partial charge in [0, 0.05) is 13.1 Å². The summed E-state index contributed by atoms with van der Waals surface area (Å²) < 4.78 is 6.02. The van der Waals surface area contributed by atoms with Gasteiger partial charge in [0.25, 0.3) is 0 Å². The molecule has 0 aliphatic carbocycles. The Labute approximate surface area is 113 Å². The van der Waals surface area contributed by atoms with E-state index in [2.05, 4.69) is 4.90 Å². The van der Waals surface area contributed by atoms with Gasteiger partial charge in [0.05, 0.1) is 18.2 Å². The summed E-state index contributed by atoms with van der Waals surface area (Å²) in [5.74, 6) is 0. The van der Waals surface area contributed by atoms with Crippen LogP contribution in [-0.2, 0) is 4.74 Å². The lowest BCUT2D eigenvalue weighted by Crippen LogP contribution is -2.40. The molecule has 0 saturated carbocycles. The normalized spacial score (nSPS) is 37.6. The minimum Gasteiger partial charge on any atom is -0.390 e. The Hall–Kier alpha value is -0.260. The number of fused-ring (bicyclic) bond motifs is 1. The molecule has 3 aliphatic heterocycles. The molecule has 0 aromatic heterocycles. The molecule has 2 saturated heterocycles. The van der Waals surface area contributed by atoms with Crippen LogP contribution in [0.4, 0.5) is 0 Å². The molecule has 0 spiro atoms. The highest BCUT2D eigenvalue weighted by Gasteiger charge is 2.40. The number of thioether (sulfide) groups is 1. The molecule has 3 rings (SSSR count). The van der Waals surface area contributed by atoms with Gasteiger partial charge in [-0.15, -0.1) is 0 Å². The molecule has 5 heteroatoms. The third-order valence-electron chi connectivity index (χ3n) is 4.09. The lowest BCUT2D eigenvalue weighted by atomic mass is 10.00. The Bertz CT molecular complexity index is 331. The average molecular weight is 270 g/mol. The second kappa shape index (κ2) is 5.39. The van der Waals surface area contributed by atoms with E-state index in [-0.39, 0.29) is 17.6 Å². The Kier molecular flexibility index (Phi) is 3.82. The summed E-state index contributed by atoms with van der Waals surface area (Å²) >= 11 is 1.77. The van der Waals surface area contributed by atoms with Crippen LogP contribution in [0.1, 0.15) is 39.0 Å². The standard InChI is InChI=1S/C13H22N2O2S/c1-2-10(16)11-6-5-9-12(17-11)18-13(14-9)15-7-3-4-8-15/h9-12,16H,2-8H2,1H3/t9-,10-,11-,12-/m1/s1. The number of hydrogen-bond acceptors (Lipinski definition) is 5. The van der Waals surface area contributed by atoms with Crippen LogP contribution < -0.4 is 0 Å². The number of rotatable bonds is 2. The van der Waals surface area contributed by atoms with Crippen molar-refractivity contribution in [2.24, 2.45) is 4.99 Å². The fourth-order valence-electron chi connectivity index (χ4n) is 2.92. The topological polar surface area (TPSA) is 45.1 Å². The van der Waals surface area contributed by atoms with Crippen molar-refractivity contribution in [3.05, 3.63) is 0 Å². The molecule has 0 aromatic rings.